The van der Waals surface area contributed by atoms with Gasteiger partial charge in [0.2, 0.25) is 0 Å². The summed E-state index contributed by atoms with van der Waals surface area (Å²) in [4.78, 5) is 12.5. The summed E-state index contributed by atoms with van der Waals surface area (Å²) in [6, 6.07) is 1.94. The number of nitriles is 1. The molecular weight excluding hydrogens is 319 g/mol. The summed E-state index contributed by atoms with van der Waals surface area (Å²) in [5.41, 5.74) is -0.0857. The van der Waals surface area contributed by atoms with Crippen molar-refractivity contribution in [2.75, 3.05) is 0 Å². The number of rotatable bonds is 1. The van der Waals surface area contributed by atoms with E-state index >= 15 is 0 Å². The number of allylic oxidation sites excluding steroid dienone is 2. The molecular formula is C17H18F3N3O. The highest BCUT2D eigenvalue weighted by molar-refractivity contribution is 6.04. The third-order valence-corrected chi connectivity index (χ3v) is 5.38. The number of hydrogen-bond donors (Lipinski definition) is 0. The van der Waals surface area contributed by atoms with E-state index in [0.717, 1.165) is 10.2 Å². The average molecular weight is 337 g/mol. The van der Waals surface area contributed by atoms with Crippen LogP contribution in [0.25, 0.3) is 0 Å². The van der Waals surface area contributed by atoms with Crippen molar-refractivity contribution in [1.82, 2.24) is 9.78 Å². The standard InChI is InChI=1S/C17H18F3N3O/c1-15(2)12-5-4-10-8-23(9-17(18,19)20)22-13(10)16(12,3)6-11(7-21)14(15)24/h6,8,12H,4-5,9H2,1-3H3/t12-,16-/m0/s1. The second kappa shape index (κ2) is 4.95. The van der Waals surface area contributed by atoms with Gasteiger partial charge < -0.3 is 0 Å². The van der Waals surface area contributed by atoms with Crippen LogP contribution in [0.2, 0.25) is 0 Å². The van der Waals surface area contributed by atoms with Gasteiger partial charge in [0.15, 0.2) is 5.78 Å². The van der Waals surface area contributed by atoms with Crippen LogP contribution in [0, 0.1) is 22.7 Å². The summed E-state index contributed by atoms with van der Waals surface area (Å²) in [6.07, 6.45) is -0.0405. The lowest BCUT2D eigenvalue weighted by atomic mass is 9.52. The van der Waals surface area contributed by atoms with Crippen LogP contribution in [0.3, 0.4) is 0 Å². The van der Waals surface area contributed by atoms with Crippen molar-refractivity contribution in [3.63, 3.8) is 0 Å². The second-order valence-electron chi connectivity index (χ2n) is 7.41. The van der Waals surface area contributed by atoms with Gasteiger partial charge in [0.05, 0.1) is 11.3 Å². The number of halogens is 3. The molecule has 1 aromatic heterocycles. The fraction of sp³-hybridized carbons (Fsp3) is 0.588. The Kier molecular flexibility index (Phi) is 3.45. The molecule has 0 aliphatic heterocycles. The topological polar surface area (TPSA) is 58.7 Å². The van der Waals surface area contributed by atoms with Gasteiger partial charge in [-0.25, -0.2) is 0 Å². The van der Waals surface area contributed by atoms with Gasteiger partial charge in [-0.05, 0) is 24.3 Å². The maximum atomic E-state index is 12.7. The van der Waals surface area contributed by atoms with E-state index < -0.39 is 23.6 Å². The minimum Gasteiger partial charge on any atom is -0.293 e. The number of Topliss-reactive ketones (excluding diaryl/α,β-unsaturated/α-hetero) is 1. The SMILES string of the molecule is CC1(C)C(=O)C(C#N)=C[C@]2(C)c3nn(CC(F)(F)F)cc3CC[C@@H]12. The Hall–Kier alpha value is -2.10. The first kappa shape index (κ1) is 16.7. The molecule has 0 N–H and O–H groups in total. The summed E-state index contributed by atoms with van der Waals surface area (Å²) in [6.45, 7) is 4.34. The molecule has 7 heteroatoms. The zero-order valence-electron chi connectivity index (χ0n) is 13.7. The molecule has 1 aromatic rings. The van der Waals surface area contributed by atoms with E-state index in [-0.39, 0.29) is 17.3 Å². The number of nitrogens with zero attached hydrogens (tertiary/aromatic N) is 3. The normalized spacial score (nSPS) is 28.6. The molecule has 0 aromatic carbocycles. The fourth-order valence-corrected chi connectivity index (χ4v) is 4.36. The zero-order valence-corrected chi connectivity index (χ0v) is 13.7. The van der Waals surface area contributed by atoms with Crippen molar-refractivity contribution in [2.24, 2.45) is 11.3 Å². The summed E-state index contributed by atoms with van der Waals surface area (Å²) >= 11 is 0. The highest BCUT2D eigenvalue weighted by Gasteiger charge is 2.55. The van der Waals surface area contributed by atoms with Gasteiger partial charge in [-0.2, -0.15) is 23.5 Å². The molecule has 0 radical (unpaired) electrons. The van der Waals surface area contributed by atoms with Gasteiger partial charge in [-0.1, -0.05) is 26.8 Å². The van der Waals surface area contributed by atoms with E-state index in [0.29, 0.717) is 18.5 Å². The first-order chi connectivity index (χ1) is 11.0. The summed E-state index contributed by atoms with van der Waals surface area (Å²) in [7, 11) is 0. The smallest absolute Gasteiger partial charge is 0.293 e. The van der Waals surface area contributed by atoms with Crippen LogP contribution in [0.5, 0.6) is 0 Å². The van der Waals surface area contributed by atoms with Crippen LogP contribution in [-0.4, -0.2) is 21.7 Å². The van der Waals surface area contributed by atoms with Crippen LogP contribution in [0.15, 0.2) is 17.8 Å². The molecule has 1 heterocycles. The van der Waals surface area contributed by atoms with Gasteiger partial charge in [-0.3, -0.25) is 9.48 Å². The Labute approximate surface area is 137 Å². The predicted octanol–water partition coefficient (Wildman–Crippen LogP) is 3.32. The van der Waals surface area contributed by atoms with E-state index in [1.807, 2.05) is 13.0 Å². The molecule has 128 valence electrons. The number of carbonyl (C=O) groups excluding carboxylic acids is 1. The van der Waals surface area contributed by atoms with Crippen LogP contribution < -0.4 is 0 Å². The third kappa shape index (κ3) is 2.36. The quantitative estimate of drug-likeness (QED) is 0.790. The molecule has 2 aliphatic carbocycles. The second-order valence-corrected chi connectivity index (χ2v) is 7.41. The molecule has 0 bridgehead atoms. The number of fused-ring (bicyclic) bond motifs is 3. The molecule has 2 aliphatic rings. The van der Waals surface area contributed by atoms with Gasteiger partial charge in [0.25, 0.3) is 0 Å². The first-order valence-electron chi connectivity index (χ1n) is 7.80. The Morgan fingerprint density at radius 3 is 2.67 bits per heavy atom. The molecule has 4 nitrogen and oxygen atoms in total. The Balaban J connectivity index is 2.14. The van der Waals surface area contributed by atoms with E-state index in [1.165, 1.54) is 6.20 Å². The van der Waals surface area contributed by atoms with Crippen molar-refractivity contribution in [1.29, 1.82) is 5.26 Å². The number of hydrogen-bond acceptors (Lipinski definition) is 3. The summed E-state index contributed by atoms with van der Waals surface area (Å²) < 4.78 is 38.9. The molecule has 0 unspecified atom stereocenters. The number of aromatic nitrogens is 2. The summed E-state index contributed by atoms with van der Waals surface area (Å²) in [5, 5.41) is 13.5. The first-order valence-corrected chi connectivity index (χ1v) is 7.80. The minimum atomic E-state index is -4.34. The van der Waals surface area contributed by atoms with Crippen molar-refractivity contribution >= 4 is 5.78 Å². The van der Waals surface area contributed by atoms with Gasteiger partial charge in [0.1, 0.15) is 12.6 Å². The maximum Gasteiger partial charge on any atom is 0.408 e. The Morgan fingerprint density at radius 2 is 2.08 bits per heavy atom. The number of carbonyl (C=O) groups is 1. The molecule has 0 amide bonds. The lowest BCUT2D eigenvalue weighted by Crippen LogP contribution is -2.51. The minimum absolute atomic E-state index is 0.0666. The molecule has 0 fully saturated rings. The predicted molar refractivity (Wildman–Crippen MR) is 79.9 cm³/mol. The highest BCUT2D eigenvalue weighted by atomic mass is 19.4. The van der Waals surface area contributed by atoms with Gasteiger partial charge >= 0.3 is 6.18 Å². The zero-order chi connectivity index (χ0) is 17.9. The van der Waals surface area contributed by atoms with Crippen LogP contribution in [0.4, 0.5) is 13.2 Å². The van der Waals surface area contributed by atoms with Gasteiger partial charge in [-0.15, -0.1) is 0 Å². The van der Waals surface area contributed by atoms with Crippen molar-refractivity contribution in [2.45, 2.75) is 51.7 Å². The molecule has 0 spiro atoms. The lowest BCUT2D eigenvalue weighted by molar-refractivity contribution is -0.142. The Bertz CT molecular complexity index is 782. The summed E-state index contributed by atoms with van der Waals surface area (Å²) in [5.74, 6) is -0.304. The average Bonchev–Trinajstić information content (AvgIpc) is 2.84. The largest absolute Gasteiger partial charge is 0.408 e. The fourth-order valence-electron chi connectivity index (χ4n) is 4.36. The Morgan fingerprint density at radius 1 is 1.42 bits per heavy atom. The molecule has 24 heavy (non-hydrogen) atoms. The van der Waals surface area contributed by atoms with E-state index in [9.17, 15) is 23.2 Å². The number of ketones is 1. The number of aryl methyl sites for hydroxylation is 1. The van der Waals surface area contributed by atoms with Crippen molar-refractivity contribution < 1.29 is 18.0 Å². The monoisotopic (exact) mass is 337 g/mol. The van der Waals surface area contributed by atoms with Crippen LogP contribution in [-0.2, 0) is 23.2 Å². The van der Waals surface area contributed by atoms with E-state index in [4.69, 9.17) is 0 Å². The van der Waals surface area contributed by atoms with Crippen LogP contribution >= 0.6 is 0 Å². The maximum absolute atomic E-state index is 12.7. The van der Waals surface area contributed by atoms with Crippen molar-refractivity contribution in [3.8, 4) is 6.07 Å². The van der Waals surface area contributed by atoms with Crippen LogP contribution in [0.1, 0.15) is 38.4 Å². The van der Waals surface area contributed by atoms with Gasteiger partial charge in [0, 0.05) is 17.0 Å². The number of alkyl halides is 3. The van der Waals surface area contributed by atoms with E-state index in [2.05, 4.69) is 5.10 Å². The van der Waals surface area contributed by atoms with Crippen molar-refractivity contribution in [3.05, 3.63) is 29.1 Å². The van der Waals surface area contributed by atoms with E-state index in [1.54, 1.807) is 19.9 Å². The molecule has 3 rings (SSSR count). The molecule has 2 atom stereocenters. The molecule has 0 saturated carbocycles. The third-order valence-electron chi connectivity index (χ3n) is 5.38. The lowest BCUT2D eigenvalue weighted by Gasteiger charge is -2.49. The highest BCUT2D eigenvalue weighted by Crippen LogP contribution is 2.54. The molecule has 0 saturated heterocycles.